The van der Waals surface area contributed by atoms with Gasteiger partial charge in [-0.25, -0.2) is 8.42 Å². The summed E-state index contributed by atoms with van der Waals surface area (Å²) in [7, 11) is -3.75. The fourth-order valence-electron chi connectivity index (χ4n) is 4.35. The molecule has 0 aromatic heterocycles. The highest BCUT2D eigenvalue weighted by atomic mass is 32.2. The first-order valence-corrected chi connectivity index (χ1v) is 13.1. The molecule has 2 heterocycles. The second kappa shape index (κ2) is 10.9. The molecule has 1 aromatic rings. The van der Waals surface area contributed by atoms with Crippen molar-refractivity contribution < 1.29 is 13.2 Å². The Bertz CT molecular complexity index is 820. The van der Waals surface area contributed by atoms with Crippen molar-refractivity contribution >= 4 is 15.9 Å². The van der Waals surface area contributed by atoms with Crippen LogP contribution in [0.15, 0.2) is 29.2 Å². The molecule has 1 N–H and O–H groups in total. The Balaban J connectivity index is 1.77. The van der Waals surface area contributed by atoms with Crippen molar-refractivity contribution in [2.45, 2.75) is 56.9 Å². The molecule has 0 saturated carbocycles. The highest BCUT2D eigenvalue weighted by molar-refractivity contribution is 7.89. The van der Waals surface area contributed by atoms with Crippen LogP contribution in [0.2, 0.25) is 0 Å². The lowest BCUT2D eigenvalue weighted by Gasteiger charge is -2.35. The van der Waals surface area contributed by atoms with Gasteiger partial charge in [-0.1, -0.05) is 32.4 Å². The minimum absolute atomic E-state index is 0.101. The van der Waals surface area contributed by atoms with Crippen molar-refractivity contribution in [2.75, 3.05) is 52.4 Å². The van der Waals surface area contributed by atoms with Gasteiger partial charge in [-0.15, -0.1) is 0 Å². The maximum atomic E-state index is 13.5. The molecule has 0 bridgehead atoms. The van der Waals surface area contributed by atoms with Crippen LogP contribution in [0, 0.1) is 0 Å². The lowest BCUT2D eigenvalue weighted by molar-refractivity contribution is -0.132. The van der Waals surface area contributed by atoms with Crippen molar-refractivity contribution in [3.63, 3.8) is 0 Å². The van der Waals surface area contributed by atoms with Crippen LogP contribution in [0.25, 0.3) is 0 Å². The zero-order chi connectivity index (χ0) is 22.4. The van der Waals surface area contributed by atoms with Crippen LogP contribution in [0.4, 0.5) is 0 Å². The molecule has 2 aliphatic heterocycles. The van der Waals surface area contributed by atoms with E-state index in [9.17, 15) is 13.2 Å². The number of sulfonamides is 1. The summed E-state index contributed by atoms with van der Waals surface area (Å²) < 4.78 is 28.4. The van der Waals surface area contributed by atoms with E-state index in [-0.39, 0.29) is 17.3 Å². The van der Waals surface area contributed by atoms with E-state index in [0.29, 0.717) is 38.1 Å². The van der Waals surface area contributed by atoms with Gasteiger partial charge in [0.15, 0.2) is 0 Å². The van der Waals surface area contributed by atoms with Crippen LogP contribution in [-0.2, 0) is 14.8 Å². The molecule has 2 aliphatic rings. The molecule has 7 nitrogen and oxygen atoms in total. The molecular formula is C23H38N4O3S. The molecule has 0 aliphatic carbocycles. The van der Waals surface area contributed by atoms with Gasteiger partial charge in [0.05, 0.1) is 11.4 Å². The van der Waals surface area contributed by atoms with Gasteiger partial charge in [0.2, 0.25) is 15.9 Å². The second-order valence-corrected chi connectivity index (χ2v) is 11.0. The van der Waals surface area contributed by atoms with Gasteiger partial charge in [-0.3, -0.25) is 9.69 Å². The van der Waals surface area contributed by atoms with E-state index < -0.39 is 10.0 Å². The number of carbonyl (C=O) groups is 1. The highest BCUT2D eigenvalue weighted by Gasteiger charge is 2.30. The Morgan fingerprint density at radius 2 is 1.81 bits per heavy atom. The number of piperazine rings is 1. The number of likely N-dealkylation sites (tertiary alicyclic amines) is 1. The van der Waals surface area contributed by atoms with E-state index in [1.165, 1.54) is 10.7 Å². The van der Waals surface area contributed by atoms with Crippen molar-refractivity contribution in [3.8, 4) is 0 Å². The monoisotopic (exact) mass is 450 g/mol. The molecular weight excluding hydrogens is 412 g/mol. The molecule has 3 rings (SSSR count). The Kier molecular flexibility index (Phi) is 8.50. The number of amides is 1. The van der Waals surface area contributed by atoms with E-state index in [1.54, 1.807) is 17.0 Å². The SMILES string of the molecule is CC(C)c1ccc(S(=O)(=O)N(CCN2CCCCC2C)CC(=O)N2CCNCC2)cc1. The number of rotatable bonds is 8. The average Bonchev–Trinajstić information content (AvgIpc) is 2.78. The molecule has 8 heteroatoms. The third kappa shape index (κ3) is 6.28. The molecule has 0 spiro atoms. The Hall–Kier alpha value is -1.48. The highest BCUT2D eigenvalue weighted by Crippen LogP contribution is 2.22. The molecule has 174 valence electrons. The maximum Gasteiger partial charge on any atom is 0.243 e. The summed E-state index contributed by atoms with van der Waals surface area (Å²) in [5.41, 5.74) is 1.10. The lowest BCUT2D eigenvalue weighted by Crippen LogP contribution is -2.51. The maximum absolute atomic E-state index is 13.5. The van der Waals surface area contributed by atoms with E-state index in [2.05, 4.69) is 31.0 Å². The van der Waals surface area contributed by atoms with Crippen LogP contribution in [0.3, 0.4) is 0 Å². The molecule has 31 heavy (non-hydrogen) atoms. The van der Waals surface area contributed by atoms with Gasteiger partial charge in [-0.2, -0.15) is 4.31 Å². The Morgan fingerprint density at radius 3 is 2.42 bits per heavy atom. The van der Waals surface area contributed by atoms with E-state index >= 15 is 0 Å². The average molecular weight is 451 g/mol. The van der Waals surface area contributed by atoms with Crippen molar-refractivity contribution in [1.29, 1.82) is 0 Å². The van der Waals surface area contributed by atoms with Crippen LogP contribution in [0.5, 0.6) is 0 Å². The third-order valence-electron chi connectivity index (χ3n) is 6.54. The van der Waals surface area contributed by atoms with Gasteiger partial charge in [0.1, 0.15) is 0 Å². The minimum Gasteiger partial charge on any atom is -0.339 e. The van der Waals surface area contributed by atoms with Gasteiger partial charge >= 0.3 is 0 Å². The summed E-state index contributed by atoms with van der Waals surface area (Å²) >= 11 is 0. The molecule has 1 atom stereocenters. The summed E-state index contributed by atoms with van der Waals surface area (Å²) in [5, 5.41) is 3.23. The van der Waals surface area contributed by atoms with Gasteiger partial charge in [0.25, 0.3) is 0 Å². The first-order valence-electron chi connectivity index (χ1n) is 11.6. The van der Waals surface area contributed by atoms with Crippen molar-refractivity contribution in [1.82, 2.24) is 19.4 Å². The number of piperidine rings is 1. The van der Waals surface area contributed by atoms with Crippen LogP contribution in [0.1, 0.15) is 51.5 Å². The van der Waals surface area contributed by atoms with Crippen molar-refractivity contribution in [2.24, 2.45) is 0 Å². The van der Waals surface area contributed by atoms with Crippen LogP contribution >= 0.6 is 0 Å². The van der Waals surface area contributed by atoms with Crippen LogP contribution < -0.4 is 5.32 Å². The smallest absolute Gasteiger partial charge is 0.243 e. The number of hydrogen-bond acceptors (Lipinski definition) is 5. The number of hydrogen-bond donors (Lipinski definition) is 1. The topological polar surface area (TPSA) is 73.0 Å². The number of nitrogens with zero attached hydrogens (tertiary/aromatic N) is 3. The molecule has 0 radical (unpaired) electrons. The molecule has 1 unspecified atom stereocenters. The summed E-state index contributed by atoms with van der Waals surface area (Å²) in [4.78, 5) is 17.3. The lowest BCUT2D eigenvalue weighted by atomic mass is 10.0. The van der Waals surface area contributed by atoms with Crippen LogP contribution in [-0.4, -0.2) is 86.8 Å². The fourth-order valence-corrected chi connectivity index (χ4v) is 5.73. The second-order valence-electron chi connectivity index (χ2n) is 9.07. The predicted molar refractivity (Wildman–Crippen MR) is 124 cm³/mol. The summed E-state index contributed by atoms with van der Waals surface area (Å²) in [5.74, 6) is 0.221. The van der Waals surface area contributed by atoms with Gasteiger partial charge < -0.3 is 10.2 Å². The van der Waals surface area contributed by atoms with Gasteiger partial charge in [-0.05, 0) is 49.9 Å². The number of nitrogens with one attached hydrogen (secondary N) is 1. The number of benzene rings is 1. The largest absolute Gasteiger partial charge is 0.339 e. The summed E-state index contributed by atoms with van der Waals surface area (Å²) in [6.45, 7) is 11.0. The Labute approximate surface area is 187 Å². The zero-order valence-corrected chi connectivity index (χ0v) is 20.0. The Morgan fingerprint density at radius 1 is 1.13 bits per heavy atom. The molecule has 2 fully saturated rings. The van der Waals surface area contributed by atoms with Gasteiger partial charge in [0, 0.05) is 45.3 Å². The van der Waals surface area contributed by atoms with Crippen molar-refractivity contribution in [3.05, 3.63) is 29.8 Å². The van der Waals surface area contributed by atoms with E-state index in [0.717, 1.165) is 38.0 Å². The number of carbonyl (C=O) groups excluding carboxylic acids is 1. The fraction of sp³-hybridized carbons (Fsp3) is 0.696. The van der Waals surface area contributed by atoms with E-state index in [4.69, 9.17) is 0 Å². The quantitative estimate of drug-likeness (QED) is 0.657. The molecule has 2 saturated heterocycles. The zero-order valence-electron chi connectivity index (χ0n) is 19.2. The van der Waals surface area contributed by atoms with E-state index in [1.807, 2.05) is 12.1 Å². The normalized spacial score (nSPS) is 21.1. The molecule has 1 amide bonds. The minimum atomic E-state index is -3.75. The first kappa shape index (κ1) is 24.2. The third-order valence-corrected chi connectivity index (χ3v) is 8.40. The first-order chi connectivity index (χ1) is 14.8. The predicted octanol–water partition coefficient (Wildman–Crippen LogP) is 2.11. The summed E-state index contributed by atoms with van der Waals surface area (Å²) in [6.07, 6.45) is 3.51. The summed E-state index contributed by atoms with van der Waals surface area (Å²) in [6, 6.07) is 7.56. The molecule has 1 aromatic carbocycles. The standard InChI is InChI=1S/C23H38N4O3S/c1-19(2)21-7-9-22(10-8-21)31(29,30)27(17-16-25-13-5-4-6-20(25)3)18-23(28)26-14-11-24-12-15-26/h7-10,19-20,24H,4-6,11-18H2,1-3H3.